The van der Waals surface area contributed by atoms with E-state index in [1.807, 2.05) is 11.8 Å². The minimum Gasteiger partial charge on any atom is -0.489 e. The highest BCUT2D eigenvalue weighted by Gasteiger charge is 2.42. The molecule has 2 amide bonds. The van der Waals surface area contributed by atoms with Crippen LogP contribution in [0.15, 0.2) is 36.0 Å². The Bertz CT molecular complexity index is 1340. The number of amides is 2. The molecule has 4 heterocycles. The van der Waals surface area contributed by atoms with Gasteiger partial charge in [0.2, 0.25) is 5.91 Å². The number of ether oxygens (including phenoxy) is 2. The number of halogens is 2. The zero-order valence-corrected chi connectivity index (χ0v) is 22.5. The second kappa shape index (κ2) is 10.9. The molecule has 12 heteroatoms. The van der Waals surface area contributed by atoms with Crippen LogP contribution in [0.1, 0.15) is 23.7 Å². The van der Waals surface area contributed by atoms with Crippen LogP contribution in [0.5, 0.6) is 5.75 Å². The summed E-state index contributed by atoms with van der Waals surface area (Å²) >= 11 is 6.81. The SMILES string of the molecule is C=CC(=O)N1CCN2C(=O)c3c(N4CC(COC)C[C@@H]4C)nc(-c4c(F)cccc4N=O)c(Cl)c3OC[C@H]2C1. The number of methoxy groups -OCH3 is 1. The molecule has 2 aromatic rings. The van der Waals surface area contributed by atoms with Gasteiger partial charge in [-0.2, -0.15) is 0 Å². The van der Waals surface area contributed by atoms with Crippen LogP contribution in [0.4, 0.5) is 15.9 Å². The van der Waals surface area contributed by atoms with Gasteiger partial charge in [0.15, 0.2) is 5.75 Å². The van der Waals surface area contributed by atoms with Crippen LogP contribution in [-0.4, -0.2) is 85.2 Å². The van der Waals surface area contributed by atoms with Crippen molar-refractivity contribution in [1.29, 1.82) is 0 Å². The van der Waals surface area contributed by atoms with E-state index in [0.717, 1.165) is 6.42 Å². The number of nitroso groups, excluding NO2 is 1. The second-order valence-corrected chi connectivity index (χ2v) is 10.4. The lowest BCUT2D eigenvalue weighted by Crippen LogP contribution is -2.57. The van der Waals surface area contributed by atoms with E-state index < -0.39 is 11.9 Å². The molecule has 1 aromatic carbocycles. The maximum absolute atomic E-state index is 15.1. The van der Waals surface area contributed by atoms with Crippen LogP contribution in [0.25, 0.3) is 11.3 Å². The Labute approximate surface area is 230 Å². The molecular weight excluding hydrogens is 529 g/mol. The fourth-order valence-corrected chi connectivity index (χ4v) is 6.05. The summed E-state index contributed by atoms with van der Waals surface area (Å²) in [5, 5.41) is 2.90. The number of carbonyl (C=O) groups is 2. The molecule has 1 unspecified atom stereocenters. The quantitative estimate of drug-likeness (QED) is 0.390. The first kappa shape index (κ1) is 27.0. The van der Waals surface area contributed by atoms with Crippen LogP contribution in [0.3, 0.4) is 0 Å². The highest BCUT2D eigenvalue weighted by molar-refractivity contribution is 6.35. The summed E-state index contributed by atoms with van der Waals surface area (Å²) in [5.41, 5.74) is -0.186. The Morgan fingerprint density at radius 1 is 1.31 bits per heavy atom. The van der Waals surface area contributed by atoms with Gasteiger partial charge in [0.05, 0.1) is 18.2 Å². The molecule has 2 saturated heterocycles. The normalized spacial score (nSPS) is 22.6. The van der Waals surface area contributed by atoms with E-state index in [2.05, 4.69) is 11.8 Å². The number of anilines is 1. The summed E-state index contributed by atoms with van der Waals surface area (Å²) in [7, 11) is 1.64. The van der Waals surface area contributed by atoms with Crippen molar-refractivity contribution < 1.29 is 23.5 Å². The molecule has 0 bridgehead atoms. The second-order valence-electron chi connectivity index (χ2n) is 10.0. The van der Waals surface area contributed by atoms with Gasteiger partial charge < -0.3 is 24.2 Å². The van der Waals surface area contributed by atoms with Crippen LogP contribution in [-0.2, 0) is 9.53 Å². The Hall–Kier alpha value is -3.57. The van der Waals surface area contributed by atoms with Crippen molar-refractivity contribution >= 4 is 34.9 Å². The highest BCUT2D eigenvalue weighted by atomic mass is 35.5. The standard InChI is InChI=1S/C27H29ClFN5O5/c1-4-20(35)32-8-9-33-17(12-32)14-39-25-22(27(33)36)26(34-11-16(13-38-3)10-15(34)2)30-24(23(25)28)21-18(29)6-5-7-19(21)31-37/h4-7,15-17H,1,8-14H2,2-3H3/t15-,16?,17+/m0/s1. The summed E-state index contributed by atoms with van der Waals surface area (Å²) in [6.07, 6.45) is 2.04. The number of fused-ring (bicyclic) bond motifs is 2. The van der Waals surface area contributed by atoms with Crippen molar-refractivity contribution in [1.82, 2.24) is 14.8 Å². The van der Waals surface area contributed by atoms with E-state index in [1.165, 1.54) is 24.3 Å². The maximum Gasteiger partial charge on any atom is 0.261 e. The van der Waals surface area contributed by atoms with Gasteiger partial charge in [-0.1, -0.05) is 24.2 Å². The number of aromatic nitrogens is 1. The maximum atomic E-state index is 15.1. The molecule has 5 rings (SSSR count). The average molecular weight is 558 g/mol. The number of benzene rings is 1. The van der Waals surface area contributed by atoms with Gasteiger partial charge in [0, 0.05) is 45.2 Å². The van der Waals surface area contributed by atoms with Gasteiger partial charge in [-0.3, -0.25) is 9.59 Å². The first-order chi connectivity index (χ1) is 18.8. The van der Waals surface area contributed by atoms with Gasteiger partial charge in [0.1, 0.15) is 40.2 Å². The van der Waals surface area contributed by atoms with Crippen LogP contribution in [0, 0.1) is 16.6 Å². The van der Waals surface area contributed by atoms with Gasteiger partial charge in [0.25, 0.3) is 5.91 Å². The molecule has 0 radical (unpaired) electrons. The number of nitrogens with zero attached hydrogens (tertiary/aromatic N) is 5. The van der Waals surface area contributed by atoms with Gasteiger partial charge in [-0.05, 0) is 36.7 Å². The number of rotatable bonds is 6. The Morgan fingerprint density at radius 2 is 2.10 bits per heavy atom. The van der Waals surface area contributed by atoms with Crippen molar-refractivity contribution in [2.45, 2.75) is 25.4 Å². The topological polar surface area (TPSA) is 105 Å². The fraction of sp³-hybridized carbons (Fsp3) is 0.444. The smallest absolute Gasteiger partial charge is 0.261 e. The van der Waals surface area contributed by atoms with Crippen molar-refractivity contribution in [3.63, 3.8) is 0 Å². The molecular formula is C27H29ClFN5O5. The third-order valence-corrected chi connectivity index (χ3v) is 7.95. The van der Waals surface area contributed by atoms with Crippen molar-refractivity contribution in [3.05, 3.63) is 52.2 Å². The van der Waals surface area contributed by atoms with E-state index in [0.29, 0.717) is 32.1 Å². The van der Waals surface area contributed by atoms with Crippen LogP contribution < -0.4 is 9.64 Å². The first-order valence-electron chi connectivity index (χ1n) is 12.7. The third kappa shape index (κ3) is 4.74. The molecule has 39 heavy (non-hydrogen) atoms. The van der Waals surface area contributed by atoms with E-state index in [1.54, 1.807) is 16.9 Å². The molecule has 0 aliphatic carbocycles. The van der Waals surface area contributed by atoms with Crippen molar-refractivity contribution in [2.75, 3.05) is 51.4 Å². The lowest BCUT2D eigenvalue weighted by molar-refractivity contribution is -0.128. The molecule has 1 aromatic heterocycles. The summed E-state index contributed by atoms with van der Waals surface area (Å²) in [6.45, 7) is 7.60. The molecule has 3 aliphatic rings. The largest absolute Gasteiger partial charge is 0.489 e. The Balaban J connectivity index is 1.67. The number of hydrogen-bond donors (Lipinski definition) is 0. The molecule has 3 atom stereocenters. The number of pyridine rings is 1. The molecule has 2 fully saturated rings. The molecule has 10 nitrogen and oxygen atoms in total. The number of hydrogen-bond acceptors (Lipinski definition) is 8. The van der Waals surface area contributed by atoms with E-state index in [-0.39, 0.29) is 70.2 Å². The molecule has 0 spiro atoms. The van der Waals surface area contributed by atoms with Gasteiger partial charge in [-0.15, -0.1) is 4.91 Å². The van der Waals surface area contributed by atoms with Gasteiger partial charge >= 0.3 is 0 Å². The molecule has 0 N–H and O–H groups in total. The van der Waals surface area contributed by atoms with Crippen molar-refractivity contribution in [2.24, 2.45) is 11.1 Å². The Morgan fingerprint density at radius 3 is 2.82 bits per heavy atom. The van der Waals surface area contributed by atoms with Crippen LogP contribution in [0.2, 0.25) is 5.02 Å². The lowest BCUT2D eigenvalue weighted by Gasteiger charge is -2.39. The number of piperazine rings is 1. The summed E-state index contributed by atoms with van der Waals surface area (Å²) in [4.78, 5) is 48.0. The van der Waals surface area contributed by atoms with Gasteiger partial charge in [-0.25, -0.2) is 9.37 Å². The third-order valence-electron chi connectivity index (χ3n) is 7.60. The minimum absolute atomic E-state index is 0.0195. The van der Waals surface area contributed by atoms with E-state index in [4.69, 9.17) is 26.1 Å². The summed E-state index contributed by atoms with van der Waals surface area (Å²) in [6, 6.07) is 3.49. The van der Waals surface area contributed by atoms with Crippen LogP contribution >= 0.6 is 11.6 Å². The zero-order valence-electron chi connectivity index (χ0n) is 21.7. The number of carbonyl (C=O) groups excluding carboxylic acids is 2. The molecule has 3 aliphatic heterocycles. The summed E-state index contributed by atoms with van der Waals surface area (Å²) in [5.74, 6) is -0.736. The summed E-state index contributed by atoms with van der Waals surface area (Å²) < 4.78 is 26.7. The predicted molar refractivity (Wildman–Crippen MR) is 144 cm³/mol. The predicted octanol–water partition coefficient (Wildman–Crippen LogP) is 4.03. The van der Waals surface area contributed by atoms with E-state index in [9.17, 15) is 14.5 Å². The molecule has 0 saturated carbocycles. The highest BCUT2D eigenvalue weighted by Crippen LogP contribution is 2.47. The van der Waals surface area contributed by atoms with E-state index >= 15 is 4.39 Å². The monoisotopic (exact) mass is 557 g/mol. The average Bonchev–Trinajstić information content (AvgIpc) is 3.23. The fourth-order valence-electron chi connectivity index (χ4n) is 5.77. The minimum atomic E-state index is -0.727. The first-order valence-corrected chi connectivity index (χ1v) is 13.1. The van der Waals surface area contributed by atoms with Crippen molar-refractivity contribution in [3.8, 4) is 17.0 Å². The zero-order chi connectivity index (χ0) is 27.8. The molecule has 206 valence electrons. The lowest BCUT2D eigenvalue weighted by atomic mass is 10.0. The Kier molecular flexibility index (Phi) is 7.55.